The molecular formula is C14H13ClN2O2. The van der Waals surface area contributed by atoms with Crippen LogP contribution >= 0.6 is 11.6 Å². The molecule has 0 saturated carbocycles. The first-order valence-electron chi connectivity index (χ1n) is 5.78. The fraction of sp³-hybridized carbons (Fsp3) is 0.143. The Hall–Kier alpha value is -2.07. The molecule has 0 radical (unpaired) electrons. The van der Waals surface area contributed by atoms with Crippen molar-refractivity contribution in [1.82, 2.24) is 10.3 Å². The second-order valence-electron chi connectivity index (χ2n) is 4.13. The third kappa shape index (κ3) is 3.23. The summed E-state index contributed by atoms with van der Waals surface area (Å²) in [6, 6.07) is 9.77. The van der Waals surface area contributed by atoms with Gasteiger partial charge >= 0.3 is 0 Å². The first-order chi connectivity index (χ1) is 9.08. The lowest BCUT2D eigenvalue weighted by Crippen LogP contribution is -2.27. The quantitative estimate of drug-likeness (QED) is 0.847. The van der Waals surface area contributed by atoms with E-state index in [2.05, 4.69) is 10.3 Å². The van der Waals surface area contributed by atoms with Crippen molar-refractivity contribution in [3.63, 3.8) is 0 Å². The Kier molecular flexibility index (Phi) is 4.02. The molecule has 4 nitrogen and oxygen atoms in total. The van der Waals surface area contributed by atoms with Crippen LogP contribution in [-0.2, 0) is 0 Å². The van der Waals surface area contributed by atoms with Crippen LogP contribution in [0.25, 0.3) is 0 Å². The Bertz CT molecular complexity index is 602. The maximum atomic E-state index is 12.0. The fourth-order valence-corrected chi connectivity index (χ4v) is 1.91. The smallest absolute Gasteiger partial charge is 0.254 e. The van der Waals surface area contributed by atoms with Crippen LogP contribution < -0.4 is 5.32 Å². The zero-order valence-electron chi connectivity index (χ0n) is 10.3. The Morgan fingerprint density at radius 3 is 2.84 bits per heavy atom. The zero-order chi connectivity index (χ0) is 13.8. The predicted molar refractivity (Wildman–Crippen MR) is 73.2 cm³/mol. The standard InChI is InChI=1S/C14H13ClN2O2/c1-9(10-4-2-5-11(18)8-10)17-14(19)12-6-3-7-16-13(12)15/h2-9,18H,1H3,(H,17,19). The second-order valence-corrected chi connectivity index (χ2v) is 4.49. The van der Waals surface area contributed by atoms with Crippen molar-refractivity contribution in [2.45, 2.75) is 13.0 Å². The van der Waals surface area contributed by atoms with E-state index in [0.717, 1.165) is 5.56 Å². The summed E-state index contributed by atoms with van der Waals surface area (Å²) in [6.45, 7) is 1.83. The monoisotopic (exact) mass is 276 g/mol. The highest BCUT2D eigenvalue weighted by molar-refractivity contribution is 6.32. The number of phenols is 1. The van der Waals surface area contributed by atoms with Crippen molar-refractivity contribution in [3.8, 4) is 5.75 Å². The maximum absolute atomic E-state index is 12.0. The molecule has 0 bridgehead atoms. The van der Waals surface area contributed by atoms with Crippen molar-refractivity contribution in [1.29, 1.82) is 0 Å². The van der Waals surface area contributed by atoms with Gasteiger partial charge in [0.15, 0.2) is 0 Å². The van der Waals surface area contributed by atoms with Crippen molar-refractivity contribution in [3.05, 3.63) is 58.9 Å². The molecule has 2 aromatic rings. The average molecular weight is 277 g/mol. The maximum Gasteiger partial charge on any atom is 0.254 e. The fourth-order valence-electron chi connectivity index (χ4n) is 1.71. The summed E-state index contributed by atoms with van der Waals surface area (Å²) in [6.07, 6.45) is 1.53. The van der Waals surface area contributed by atoms with Crippen molar-refractivity contribution >= 4 is 17.5 Å². The van der Waals surface area contributed by atoms with Crippen LogP contribution in [-0.4, -0.2) is 16.0 Å². The van der Waals surface area contributed by atoms with Gasteiger partial charge in [0.2, 0.25) is 0 Å². The van der Waals surface area contributed by atoms with Crippen LogP contribution in [0.4, 0.5) is 0 Å². The third-order valence-electron chi connectivity index (χ3n) is 2.72. The van der Waals surface area contributed by atoms with Crippen LogP contribution in [0.5, 0.6) is 5.75 Å². The molecule has 1 atom stereocenters. The van der Waals surface area contributed by atoms with E-state index in [1.165, 1.54) is 6.20 Å². The van der Waals surface area contributed by atoms with Crippen LogP contribution in [0.3, 0.4) is 0 Å². The molecule has 0 saturated heterocycles. The minimum Gasteiger partial charge on any atom is -0.508 e. The Labute approximate surface area is 116 Å². The molecule has 1 amide bonds. The number of rotatable bonds is 3. The number of nitrogens with one attached hydrogen (secondary N) is 1. The van der Waals surface area contributed by atoms with Gasteiger partial charge in [-0.2, -0.15) is 0 Å². The molecule has 0 aliphatic rings. The van der Waals surface area contributed by atoms with Gasteiger partial charge in [0.1, 0.15) is 10.9 Å². The number of hydrogen-bond donors (Lipinski definition) is 2. The van der Waals surface area contributed by atoms with Crippen molar-refractivity contribution in [2.75, 3.05) is 0 Å². The summed E-state index contributed by atoms with van der Waals surface area (Å²) < 4.78 is 0. The number of benzene rings is 1. The van der Waals surface area contributed by atoms with Gasteiger partial charge in [-0.25, -0.2) is 4.98 Å². The minimum atomic E-state index is -0.297. The number of phenolic OH excluding ortho intramolecular Hbond substituents is 1. The second kappa shape index (κ2) is 5.71. The lowest BCUT2D eigenvalue weighted by molar-refractivity contribution is 0.0939. The van der Waals surface area contributed by atoms with Gasteiger partial charge in [-0.05, 0) is 36.8 Å². The van der Waals surface area contributed by atoms with E-state index in [-0.39, 0.29) is 22.9 Å². The normalized spacial score (nSPS) is 11.9. The van der Waals surface area contributed by atoms with E-state index in [0.29, 0.717) is 5.56 Å². The van der Waals surface area contributed by atoms with Crippen LogP contribution in [0.15, 0.2) is 42.6 Å². The van der Waals surface area contributed by atoms with Crippen LogP contribution in [0.2, 0.25) is 5.15 Å². The van der Waals surface area contributed by atoms with E-state index >= 15 is 0 Å². The molecule has 1 heterocycles. The average Bonchev–Trinajstić information content (AvgIpc) is 2.39. The summed E-state index contributed by atoms with van der Waals surface area (Å²) in [5, 5.41) is 12.4. The highest BCUT2D eigenvalue weighted by Crippen LogP contribution is 2.19. The molecule has 2 rings (SSSR count). The van der Waals surface area contributed by atoms with E-state index in [1.54, 1.807) is 30.3 Å². The van der Waals surface area contributed by atoms with Gasteiger partial charge in [-0.1, -0.05) is 23.7 Å². The summed E-state index contributed by atoms with van der Waals surface area (Å²) in [5.41, 5.74) is 1.14. The van der Waals surface area contributed by atoms with Gasteiger partial charge in [0.05, 0.1) is 11.6 Å². The van der Waals surface area contributed by atoms with Crippen molar-refractivity contribution < 1.29 is 9.90 Å². The number of nitrogens with zero attached hydrogens (tertiary/aromatic N) is 1. The molecule has 1 aromatic carbocycles. The number of aromatic hydroxyl groups is 1. The number of carbonyl (C=O) groups is 1. The lowest BCUT2D eigenvalue weighted by Gasteiger charge is -2.14. The van der Waals surface area contributed by atoms with Gasteiger partial charge in [0, 0.05) is 6.20 Å². The third-order valence-corrected chi connectivity index (χ3v) is 3.02. The Morgan fingerprint density at radius 1 is 1.37 bits per heavy atom. The molecule has 0 aliphatic carbocycles. The highest BCUT2D eigenvalue weighted by atomic mass is 35.5. The van der Waals surface area contributed by atoms with Crippen molar-refractivity contribution in [2.24, 2.45) is 0 Å². The number of hydrogen-bond acceptors (Lipinski definition) is 3. The topological polar surface area (TPSA) is 62.2 Å². The van der Waals surface area contributed by atoms with E-state index in [9.17, 15) is 9.90 Å². The number of carbonyl (C=O) groups excluding carboxylic acids is 1. The van der Waals surface area contributed by atoms with E-state index in [1.807, 2.05) is 13.0 Å². The zero-order valence-corrected chi connectivity index (χ0v) is 11.1. The number of pyridine rings is 1. The van der Waals surface area contributed by atoms with E-state index < -0.39 is 0 Å². The number of aromatic nitrogens is 1. The van der Waals surface area contributed by atoms with Gasteiger partial charge in [-0.3, -0.25) is 4.79 Å². The first-order valence-corrected chi connectivity index (χ1v) is 6.16. The molecule has 0 aliphatic heterocycles. The molecule has 5 heteroatoms. The summed E-state index contributed by atoms with van der Waals surface area (Å²) >= 11 is 5.86. The molecule has 19 heavy (non-hydrogen) atoms. The predicted octanol–water partition coefficient (Wildman–Crippen LogP) is 2.93. The summed E-state index contributed by atoms with van der Waals surface area (Å²) in [7, 11) is 0. The molecule has 1 unspecified atom stereocenters. The lowest BCUT2D eigenvalue weighted by atomic mass is 10.1. The SMILES string of the molecule is CC(NC(=O)c1cccnc1Cl)c1cccc(O)c1. The molecule has 2 N–H and O–H groups in total. The summed E-state index contributed by atoms with van der Waals surface area (Å²) in [4.78, 5) is 15.9. The molecule has 0 spiro atoms. The summed E-state index contributed by atoms with van der Waals surface area (Å²) in [5.74, 6) is -0.132. The Balaban J connectivity index is 2.13. The first kappa shape index (κ1) is 13.4. The number of halogens is 1. The van der Waals surface area contributed by atoms with Gasteiger partial charge < -0.3 is 10.4 Å². The van der Waals surface area contributed by atoms with Gasteiger partial charge in [-0.15, -0.1) is 0 Å². The minimum absolute atomic E-state index is 0.165. The van der Waals surface area contributed by atoms with Crippen LogP contribution in [0, 0.1) is 0 Å². The largest absolute Gasteiger partial charge is 0.508 e. The van der Waals surface area contributed by atoms with E-state index in [4.69, 9.17) is 11.6 Å². The highest BCUT2D eigenvalue weighted by Gasteiger charge is 2.14. The van der Waals surface area contributed by atoms with Gasteiger partial charge in [0.25, 0.3) is 5.91 Å². The molecule has 98 valence electrons. The molecule has 0 fully saturated rings. The molecule has 1 aromatic heterocycles. The van der Waals surface area contributed by atoms with Crippen LogP contribution in [0.1, 0.15) is 28.9 Å². The number of amides is 1. The Morgan fingerprint density at radius 2 is 2.16 bits per heavy atom. The molecular weight excluding hydrogens is 264 g/mol.